The Hall–Kier alpha value is -3.71. The van der Waals surface area contributed by atoms with Gasteiger partial charge in [-0.05, 0) is 72.9 Å². The van der Waals surface area contributed by atoms with Gasteiger partial charge in [0.1, 0.15) is 5.75 Å². The van der Waals surface area contributed by atoms with Crippen molar-refractivity contribution in [3.05, 3.63) is 95.3 Å². The summed E-state index contributed by atoms with van der Waals surface area (Å²) < 4.78 is 24.8. The minimum absolute atomic E-state index is 0.116. The number of benzene rings is 3. The maximum absolute atomic E-state index is 13.9. The number of carboxylic acids is 1. The first-order valence-corrected chi connectivity index (χ1v) is 11.1. The number of hydrogen-bond acceptors (Lipinski definition) is 4. The predicted octanol–water partition coefficient (Wildman–Crippen LogP) is 5.38. The minimum Gasteiger partial charge on any atom is -0.478 e. The highest BCUT2D eigenvalue weighted by atomic mass is 19.1. The fourth-order valence-corrected chi connectivity index (χ4v) is 4.02. The van der Waals surface area contributed by atoms with Crippen LogP contribution in [-0.4, -0.2) is 41.6 Å². The van der Waals surface area contributed by atoms with Crippen molar-refractivity contribution in [1.29, 1.82) is 0 Å². The molecule has 7 heteroatoms. The number of ether oxygens (including phenoxy) is 2. The number of hydrogen-bond donors (Lipinski definition) is 1. The molecule has 176 valence electrons. The Morgan fingerprint density at radius 1 is 0.971 bits per heavy atom. The van der Waals surface area contributed by atoms with E-state index in [1.807, 2.05) is 0 Å². The van der Waals surface area contributed by atoms with Gasteiger partial charge in [0.15, 0.2) is 11.6 Å². The molecule has 1 saturated carbocycles. The number of para-hydroxylation sites is 1. The molecule has 0 spiro atoms. The highest BCUT2D eigenvalue weighted by molar-refractivity contribution is 5.94. The van der Waals surface area contributed by atoms with Gasteiger partial charge in [0.2, 0.25) is 0 Å². The molecule has 0 bridgehead atoms. The second kappa shape index (κ2) is 10.5. The molecule has 3 aromatic carbocycles. The van der Waals surface area contributed by atoms with Gasteiger partial charge in [-0.1, -0.05) is 24.3 Å². The van der Waals surface area contributed by atoms with Gasteiger partial charge in [-0.15, -0.1) is 0 Å². The Labute approximate surface area is 197 Å². The zero-order chi connectivity index (χ0) is 24.1. The second-order valence-corrected chi connectivity index (χ2v) is 8.44. The topological polar surface area (TPSA) is 76.1 Å². The summed E-state index contributed by atoms with van der Waals surface area (Å²) >= 11 is 0. The van der Waals surface area contributed by atoms with Crippen molar-refractivity contribution in [1.82, 2.24) is 4.90 Å². The van der Waals surface area contributed by atoms with Crippen molar-refractivity contribution in [2.24, 2.45) is 5.92 Å². The van der Waals surface area contributed by atoms with E-state index in [0.29, 0.717) is 30.3 Å². The summed E-state index contributed by atoms with van der Waals surface area (Å²) in [6, 6.07) is 19.3. The Kier molecular flexibility index (Phi) is 7.23. The highest BCUT2D eigenvalue weighted by Crippen LogP contribution is 2.31. The van der Waals surface area contributed by atoms with E-state index in [2.05, 4.69) is 0 Å². The van der Waals surface area contributed by atoms with E-state index < -0.39 is 11.8 Å². The molecule has 1 amide bonds. The number of rotatable bonds is 9. The van der Waals surface area contributed by atoms with Crippen LogP contribution in [0.2, 0.25) is 0 Å². The SMILES string of the molecule is COC1CC(CN(Cc2ccc(C(=O)O)cc2)C(=O)c2ccc(Oc3ccccc3F)cc2)C1. The average molecular weight is 464 g/mol. The third kappa shape index (κ3) is 5.61. The summed E-state index contributed by atoms with van der Waals surface area (Å²) in [4.78, 5) is 26.3. The molecule has 0 unspecified atom stereocenters. The molecule has 0 radical (unpaired) electrons. The first-order valence-electron chi connectivity index (χ1n) is 11.1. The zero-order valence-corrected chi connectivity index (χ0v) is 18.8. The number of carbonyl (C=O) groups excluding carboxylic acids is 1. The van der Waals surface area contributed by atoms with Crippen LogP contribution in [0.4, 0.5) is 4.39 Å². The molecule has 0 heterocycles. The smallest absolute Gasteiger partial charge is 0.335 e. The normalized spacial score (nSPS) is 17.0. The average Bonchev–Trinajstić information content (AvgIpc) is 2.82. The van der Waals surface area contributed by atoms with E-state index in [4.69, 9.17) is 14.6 Å². The standard InChI is InChI=1S/C27H26FNO5/c1-33-23-14-19(15-23)17-29(16-18-6-8-21(9-7-18)27(31)32)26(30)20-10-12-22(13-11-20)34-25-5-3-2-4-24(25)28/h2-13,19,23H,14-17H2,1H3,(H,31,32). The number of amides is 1. The first-order chi connectivity index (χ1) is 16.4. The van der Waals surface area contributed by atoms with Crippen molar-refractivity contribution in [3.8, 4) is 11.5 Å². The van der Waals surface area contributed by atoms with Gasteiger partial charge in [0.25, 0.3) is 5.91 Å². The van der Waals surface area contributed by atoms with E-state index in [0.717, 1.165) is 18.4 Å². The van der Waals surface area contributed by atoms with Crippen LogP contribution in [0.25, 0.3) is 0 Å². The maximum Gasteiger partial charge on any atom is 0.335 e. The molecule has 1 N–H and O–H groups in total. The summed E-state index contributed by atoms with van der Waals surface area (Å²) in [6.45, 7) is 0.938. The molecule has 1 aliphatic carbocycles. The number of nitrogens with zero attached hydrogens (tertiary/aromatic N) is 1. The largest absolute Gasteiger partial charge is 0.478 e. The number of carboxylic acid groups (broad SMARTS) is 1. The molecule has 0 aromatic heterocycles. The van der Waals surface area contributed by atoms with Crippen LogP contribution in [0, 0.1) is 11.7 Å². The number of carbonyl (C=O) groups is 2. The third-order valence-corrected chi connectivity index (χ3v) is 6.03. The van der Waals surface area contributed by atoms with Crippen molar-refractivity contribution in [3.63, 3.8) is 0 Å². The van der Waals surface area contributed by atoms with Gasteiger partial charge in [-0.25, -0.2) is 9.18 Å². The molecule has 0 atom stereocenters. The van der Waals surface area contributed by atoms with Crippen LogP contribution in [0.15, 0.2) is 72.8 Å². The Morgan fingerprint density at radius 2 is 1.62 bits per heavy atom. The first kappa shape index (κ1) is 23.4. The van der Waals surface area contributed by atoms with Gasteiger partial charge in [0.05, 0.1) is 11.7 Å². The molecule has 3 aromatic rings. The van der Waals surface area contributed by atoms with E-state index in [-0.39, 0.29) is 23.3 Å². The van der Waals surface area contributed by atoms with Crippen LogP contribution < -0.4 is 4.74 Å². The Balaban J connectivity index is 1.48. The van der Waals surface area contributed by atoms with Crippen LogP contribution in [0.3, 0.4) is 0 Å². The number of methoxy groups -OCH3 is 1. The summed E-state index contributed by atoms with van der Waals surface area (Å²) in [7, 11) is 1.69. The van der Waals surface area contributed by atoms with Crippen LogP contribution in [0.1, 0.15) is 39.1 Å². The molecular formula is C27H26FNO5. The Morgan fingerprint density at radius 3 is 2.24 bits per heavy atom. The summed E-state index contributed by atoms with van der Waals surface area (Å²) in [6.07, 6.45) is 2.02. The molecule has 0 aliphatic heterocycles. The third-order valence-electron chi connectivity index (χ3n) is 6.03. The van der Waals surface area contributed by atoms with Crippen molar-refractivity contribution >= 4 is 11.9 Å². The Bertz CT molecular complexity index is 1140. The van der Waals surface area contributed by atoms with Gasteiger partial charge in [-0.2, -0.15) is 0 Å². The summed E-state index contributed by atoms with van der Waals surface area (Å²) in [5.74, 6) is -0.698. The summed E-state index contributed by atoms with van der Waals surface area (Å²) in [5.41, 5.74) is 1.54. The summed E-state index contributed by atoms with van der Waals surface area (Å²) in [5, 5.41) is 9.12. The molecule has 1 aliphatic rings. The number of halogens is 1. The lowest BCUT2D eigenvalue weighted by Crippen LogP contribution is -2.41. The predicted molar refractivity (Wildman–Crippen MR) is 125 cm³/mol. The van der Waals surface area contributed by atoms with Crippen molar-refractivity contribution in [2.45, 2.75) is 25.5 Å². The lowest BCUT2D eigenvalue weighted by Gasteiger charge is -2.37. The van der Waals surface area contributed by atoms with Gasteiger partial charge in [0, 0.05) is 25.8 Å². The van der Waals surface area contributed by atoms with Crippen molar-refractivity contribution in [2.75, 3.05) is 13.7 Å². The van der Waals surface area contributed by atoms with Crippen LogP contribution in [-0.2, 0) is 11.3 Å². The van der Waals surface area contributed by atoms with E-state index in [9.17, 15) is 14.0 Å². The molecule has 4 rings (SSSR count). The molecule has 0 saturated heterocycles. The zero-order valence-electron chi connectivity index (χ0n) is 18.8. The van der Waals surface area contributed by atoms with Crippen molar-refractivity contribution < 1.29 is 28.6 Å². The second-order valence-electron chi connectivity index (χ2n) is 8.44. The molecular weight excluding hydrogens is 437 g/mol. The fraction of sp³-hybridized carbons (Fsp3) is 0.259. The lowest BCUT2D eigenvalue weighted by atomic mass is 9.81. The number of aromatic carboxylic acids is 1. The lowest BCUT2D eigenvalue weighted by molar-refractivity contribution is -0.0102. The van der Waals surface area contributed by atoms with Crippen LogP contribution in [0.5, 0.6) is 11.5 Å². The van der Waals surface area contributed by atoms with Gasteiger partial charge >= 0.3 is 5.97 Å². The maximum atomic E-state index is 13.9. The van der Waals surface area contributed by atoms with E-state index in [1.165, 1.54) is 12.1 Å². The quantitative estimate of drug-likeness (QED) is 0.461. The highest BCUT2D eigenvalue weighted by Gasteiger charge is 2.32. The molecule has 6 nitrogen and oxygen atoms in total. The van der Waals surface area contributed by atoms with E-state index in [1.54, 1.807) is 72.7 Å². The van der Waals surface area contributed by atoms with Crippen LogP contribution >= 0.6 is 0 Å². The molecule has 1 fully saturated rings. The van der Waals surface area contributed by atoms with Gasteiger partial charge < -0.3 is 19.5 Å². The minimum atomic E-state index is -0.989. The fourth-order valence-electron chi connectivity index (χ4n) is 4.02. The van der Waals surface area contributed by atoms with Gasteiger partial charge in [-0.3, -0.25) is 4.79 Å². The van der Waals surface area contributed by atoms with E-state index >= 15 is 0 Å². The molecule has 34 heavy (non-hydrogen) atoms. The monoisotopic (exact) mass is 463 g/mol.